The molecule has 2 aromatic carbocycles. The van der Waals surface area contributed by atoms with Crippen molar-refractivity contribution in [3.8, 4) is 0 Å². The van der Waals surface area contributed by atoms with Gasteiger partial charge in [0.25, 0.3) is 5.91 Å². The van der Waals surface area contributed by atoms with Crippen LogP contribution in [-0.2, 0) is 6.42 Å². The highest BCUT2D eigenvalue weighted by molar-refractivity contribution is 6.05. The van der Waals surface area contributed by atoms with Gasteiger partial charge >= 0.3 is 0 Å². The molecule has 0 saturated carbocycles. The normalized spacial score (nSPS) is 15.0. The van der Waals surface area contributed by atoms with Gasteiger partial charge in [0.05, 0.1) is 17.3 Å². The van der Waals surface area contributed by atoms with E-state index in [1.165, 1.54) is 5.56 Å². The molecular weight excluding hydrogens is 274 g/mol. The van der Waals surface area contributed by atoms with E-state index in [2.05, 4.69) is 34.5 Å². The number of hydrogen-bond donors (Lipinski definition) is 1. The molecule has 1 saturated heterocycles. The van der Waals surface area contributed by atoms with Gasteiger partial charge < -0.3 is 4.90 Å². The van der Waals surface area contributed by atoms with Crippen LogP contribution in [0.2, 0.25) is 0 Å². The number of hydrogen-bond acceptors (Lipinski definition) is 2. The second-order valence-electron chi connectivity index (χ2n) is 5.91. The SMILES string of the molecule is O=C(c1cccc2cn[nH]c12)N1CC(Cc2ccccc2)C1. The van der Waals surface area contributed by atoms with Crippen molar-refractivity contribution in [3.63, 3.8) is 0 Å². The van der Waals surface area contributed by atoms with E-state index in [1.54, 1.807) is 6.20 Å². The lowest BCUT2D eigenvalue weighted by Crippen LogP contribution is -2.50. The number of aromatic nitrogens is 2. The zero-order chi connectivity index (χ0) is 14.9. The number of para-hydroxylation sites is 1. The Labute approximate surface area is 128 Å². The lowest BCUT2D eigenvalue weighted by Gasteiger charge is -2.39. The standard InChI is InChI=1S/C18H17N3O/c22-18(16-8-4-7-15-10-19-20-17(15)16)21-11-14(12-21)9-13-5-2-1-3-6-13/h1-8,10,14H,9,11-12H2,(H,19,20). The molecule has 3 aromatic rings. The maximum atomic E-state index is 12.6. The first-order valence-electron chi connectivity index (χ1n) is 7.56. The maximum Gasteiger partial charge on any atom is 0.256 e. The van der Waals surface area contributed by atoms with E-state index in [0.717, 1.165) is 30.4 Å². The number of nitrogens with zero attached hydrogens (tertiary/aromatic N) is 2. The van der Waals surface area contributed by atoms with Crippen LogP contribution in [0.5, 0.6) is 0 Å². The zero-order valence-electron chi connectivity index (χ0n) is 12.2. The van der Waals surface area contributed by atoms with E-state index < -0.39 is 0 Å². The van der Waals surface area contributed by atoms with Gasteiger partial charge in [0.1, 0.15) is 0 Å². The molecule has 1 aromatic heterocycles. The highest BCUT2D eigenvalue weighted by Gasteiger charge is 2.31. The van der Waals surface area contributed by atoms with E-state index in [1.807, 2.05) is 29.2 Å². The molecule has 1 aliphatic rings. The number of rotatable bonds is 3. The summed E-state index contributed by atoms with van der Waals surface area (Å²) in [5, 5.41) is 7.93. The van der Waals surface area contributed by atoms with Gasteiger partial charge in [-0.25, -0.2) is 0 Å². The Hall–Kier alpha value is -2.62. The van der Waals surface area contributed by atoms with E-state index >= 15 is 0 Å². The first-order chi connectivity index (χ1) is 10.8. The molecule has 110 valence electrons. The minimum Gasteiger partial charge on any atom is -0.338 e. The Morgan fingerprint density at radius 3 is 2.77 bits per heavy atom. The minimum absolute atomic E-state index is 0.0964. The third-order valence-corrected chi connectivity index (χ3v) is 4.32. The average Bonchev–Trinajstić information content (AvgIpc) is 2.99. The van der Waals surface area contributed by atoms with Gasteiger partial charge in [0.15, 0.2) is 0 Å². The summed E-state index contributed by atoms with van der Waals surface area (Å²) in [6, 6.07) is 16.2. The van der Waals surface area contributed by atoms with Crippen molar-refractivity contribution < 1.29 is 4.79 Å². The van der Waals surface area contributed by atoms with Crippen molar-refractivity contribution in [2.45, 2.75) is 6.42 Å². The Bertz CT molecular complexity index is 803. The van der Waals surface area contributed by atoms with Gasteiger partial charge in [-0.2, -0.15) is 5.10 Å². The quantitative estimate of drug-likeness (QED) is 0.806. The molecule has 0 radical (unpaired) electrons. The summed E-state index contributed by atoms with van der Waals surface area (Å²) in [6.45, 7) is 1.66. The fourth-order valence-electron chi connectivity index (χ4n) is 3.13. The largest absolute Gasteiger partial charge is 0.338 e. The summed E-state index contributed by atoms with van der Waals surface area (Å²) < 4.78 is 0. The lowest BCUT2D eigenvalue weighted by molar-refractivity contribution is 0.0503. The molecule has 0 bridgehead atoms. The second-order valence-corrected chi connectivity index (χ2v) is 5.91. The van der Waals surface area contributed by atoms with Crippen LogP contribution in [0.15, 0.2) is 54.7 Å². The summed E-state index contributed by atoms with van der Waals surface area (Å²) in [5.74, 6) is 0.659. The van der Waals surface area contributed by atoms with Crippen molar-refractivity contribution in [3.05, 3.63) is 65.9 Å². The van der Waals surface area contributed by atoms with Crippen LogP contribution in [-0.4, -0.2) is 34.1 Å². The molecule has 0 spiro atoms. The van der Waals surface area contributed by atoms with Crippen molar-refractivity contribution in [1.82, 2.24) is 15.1 Å². The van der Waals surface area contributed by atoms with Crippen molar-refractivity contribution in [2.24, 2.45) is 5.92 Å². The van der Waals surface area contributed by atoms with E-state index in [-0.39, 0.29) is 5.91 Å². The first kappa shape index (κ1) is 13.1. The summed E-state index contributed by atoms with van der Waals surface area (Å²) in [4.78, 5) is 14.5. The third kappa shape index (κ3) is 2.26. The van der Waals surface area contributed by atoms with E-state index in [9.17, 15) is 4.79 Å². The predicted octanol–water partition coefficient (Wildman–Crippen LogP) is 2.88. The molecule has 1 aliphatic heterocycles. The average molecular weight is 291 g/mol. The molecule has 4 heteroatoms. The van der Waals surface area contributed by atoms with Crippen molar-refractivity contribution in [1.29, 1.82) is 0 Å². The van der Waals surface area contributed by atoms with Gasteiger partial charge in [-0.15, -0.1) is 0 Å². The Balaban J connectivity index is 1.44. The van der Waals surface area contributed by atoms with Crippen molar-refractivity contribution in [2.75, 3.05) is 13.1 Å². The number of aromatic amines is 1. The van der Waals surface area contributed by atoms with Crippen LogP contribution < -0.4 is 0 Å². The molecule has 4 nitrogen and oxygen atoms in total. The van der Waals surface area contributed by atoms with Crippen LogP contribution in [0.4, 0.5) is 0 Å². The minimum atomic E-state index is 0.0964. The van der Waals surface area contributed by atoms with Crippen LogP contribution >= 0.6 is 0 Å². The molecule has 22 heavy (non-hydrogen) atoms. The summed E-state index contributed by atoms with van der Waals surface area (Å²) in [6.07, 6.45) is 2.79. The lowest BCUT2D eigenvalue weighted by atomic mass is 9.91. The monoisotopic (exact) mass is 291 g/mol. The summed E-state index contributed by atoms with van der Waals surface area (Å²) >= 11 is 0. The molecule has 0 atom stereocenters. The Kier molecular flexibility index (Phi) is 3.15. The number of nitrogens with one attached hydrogen (secondary N) is 1. The molecule has 1 N–H and O–H groups in total. The number of carbonyl (C=O) groups is 1. The third-order valence-electron chi connectivity index (χ3n) is 4.32. The highest BCUT2D eigenvalue weighted by atomic mass is 16.2. The molecular formula is C18H17N3O. The van der Waals surface area contributed by atoms with Crippen LogP contribution in [0, 0.1) is 5.92 Å². The van der Waals surface area contributed by atoms with Crippen molar-refractivity contribution >= 4 is 16.8 Å². The topological polar surface area (TPSA) is 49.0 Å². The number of H-pyrrole nitrogens is 1. The molecule has 0 unspecified atom stereocenters. The number of likely N-dealkylation sites (tertiary alicyclic amines) is 1. The molecule has 2 heterocycles. The van der Waals surface area contributed by atoms with Crippen LogP contribution in [0.25, 0.3) is 10.9 Å². The van der Waals surface area contributed by atoms with Gasteiger partial charge in [0.2, 0.25) is 0 Å². The van der Waals surface area contributed by atoms with E-state index in [4.69, 9.17) is 0 Å². The first-order valence-corrected chi connectivity index (χ1v) is 7.56. The fourth-order valence-corrected chi connectivity index (χ4v) is 3.13. The smallest absolute Gasteiger partial charge is 0.256 e. The fraction of sp³-hybridized carbons (Fsp3) is 0.222. The predicted molar refractivity (Wildman–Crippen MR) is 85.6 cm³/mol. The zero-order valence-corrected chi connectivity index (χ0v) is 12.2. The number of fused-ring (bicyclic) bond motifs is 1. The molecule has 1 amide bonds. The number of carbonyl (C=O) groups excluding carboxylic acids is 1. The highest BCUT2D eigenvalue weighted by Crippen LogP contribution is 2.25. The summed E-state index contributed by atoms with van der Waals surface area (Å²) in [5.41, 5.74) is 2.89. The van der Waals surface area contributed by atoms with Gasteiger partial charge in [0, 0.05) is 18.5 Å². The number of benzene rings is 2. The van der Waals surface area contributed by atoms with Crippen LogP contribution in [0.1, 0.15) is 15.9 Å². The van der Waals surface area contributed by atoms with Gasteiger partial charge in [-0.05, 0) is 24.0 Å². The van der Waals surface area contributed by atoms with Crippen LogP contribution in [0.3, 0.4) is 0 Å². The van der Waals surface area contributed by atoms with E-state index in [0.29, 0.717) is 11.5 Å². The molecule has 4 rings (SSSR count). The van der Waals surface area contributed by atoms with Gasteiger partial charge in [-0.1, -0.05) is 42.5 Å². The maximum absolute atomic E-state index is 12.6. The second kappa shape index (κ2) is 5.30. The summed E-state index contributed by atoms with van der Waals surface area (Å²) in [7, 11) is 0. The molecule has 0 aliphatic carbocycles. The molecule has 1 fully saturated rings. The number of amides is 1. The Morgan fingerprint density at radius 1 is 1.14 bits per heavy atom. The Morgan fingerprint density at radius 2 is 1.95 bits per heavy atom. The van der Waals surface area contributed by atoms with Gasteiger partial charge in [-0.3, -0.25) is 9.89 Å².